The van der Waals surface area contributed by atoms with Crippen LogP contribution in [0.5, 0.6) is 0 Å². The van der Waals surface area contributed by atoms with E-state index in [-0.39, 0.29) is 28.5 Å². The Morgan fingerprint density at radius 3 is 2.67 bits per heavy atom. The van der Waals surface area contributed by atoms with E-state index in [2.05, 4.69) is 64.8 Å². The van der Waals surface area contributed by atoms with Gasteiger partial charge in [0.1, 0.15) is 6.29 Å². The van der Waals surface area contributed by atoms with Gasteiger partial charge in [-0.3, -0.25) is 4.90 Å². The van der Waals surface area contributed by atoms with Crippen LogP contribution in [0.15, 0.2) is 12.2 Å². The average Bonchev–Trinajstić information content (AvgIpc) is 3.11. The zero-order valence-electron chi connectivity index (χ0n) is 18.1. The molecule has 5 fully saturated rings. The second-order valence-electron chi connectivity index (χ2n) is 10.7. The number of carbonyl (C=O) groups is 1. The van der Waals surface area contributed by atoms with Crippen molar-refractivity contribution in [1.29, 1.82) is 0 Å². The molecule has 4 nitrogen and oxygen atoms in total. The van der Waals surface area contributed by atoms with Gasteiger partial charge in [0.25, 0.3) is 0 Å². The summed E-state index contributed by atoms with van der Waals surface area (Å²) in [6.45, 7) is 16.9. The highest BCUT2D eigenvalue weighted by Gasteiger charge is 2.81. The predicted octanol–water partition coefficient (Wildman–Crippen LogP) is 4.37. The van der Waals surface area contributed by atoms with Crippen LogP contribution in [-0.4, -0.2) is 49.5 Å². The number of hydrogen-bond donors (Lipinski definition) is 0. The van der Waals surface area contributed by atoms with Crippen molar-refractivity contribution in [2.75, 3.05) is 6.54 Å². The fourth-order valence-electron chi connectivity index (χ4n) is 6.32. The summed E-state index contributed by atoms with van der Waals surface area (Å²) in [6.07, 6.45) is 9.28. The van der Waals surface area contributed by atoms with Crippen LogP contribution < -0.4 is 0 Å². The average molecular weight is 392 g/mol. The summed E-state index contributed by atoms with van der Waals surface area (Å²) in [5.41, 5.74) is -0.0118. The predicted molar refractivity (Wildman–Crippen MR) is 110 cm³/mol. The molecule has 0 spiro atoms. The SMILES string of the molecule is CC/C=C/[C@@]12[C@@H]3C[C@H]4[C@@H]([C@H](C)C=O)[C@@](O[Si](C)(C)C(C)(C)C)(O3)[C@@H]1CCN42. The smallest absolute Gasteiger partial charge is 0.195 e. The minimum Gasteiger partial charge on any atom is -0.389 e. The molecule has 27 heavy (non-hydrogen) atoms. The maximum absolute atomic E-state index is 11.9. The van der Waals surface area contributed by atoms with Crippen molar-refractivity contribution >= 4 is 14.6 Å². The van der Waals surface area contributed by atoms with E-state index in [9.17, 15) is 4.79 Å². The van der Waals surface area contributed by atoms with Gasteiger partial charge in [0.05, 0.1) is 11.6 Å². The summed E-state index contributed by atoms with van der Waals surface area (Å²) < 4.78 is 14.1. The minimum absolute atomic E-state index is 0.0118. The van der Waals surface area contributed by atoms with E-state index < -0.39 is 14.1 Å². The number of ether oxygens (including phenoxy) is 1. The Kier molecular flexibility index (Phi) is 4.41. The molecule has 152 valence electrons. The molecule has 0 radical (unpaired) electrons. The van der Waals surface area contributed by atoms with Gasteiger partial charge in [0.2, 0.25) is 0 Å². The number of carbonyl (C=O) groups excluding carboxylic acids is 1. The molecule has 0 amide bonds. The van der Waals surface area contributed by atoms with E-state index in [0.29, 0.717) is 12.0 Å². The fourth-order valence-corrected chi connectivity index (χ4v) is 7.75. The van der Waals surface area contributed by atoms with Gasteiger partial charge >= 0.3 is 0 Å². The highest BCUT2D eigenvalue weighted by Crippen LogP contribution is 2.70. The van der Waals surface area contributed by atoms with Crippen LogP contribution in [0, 0.1) is 17.8 Å². The maximum atomic E-state index is 11.9. The normalized spacial score (nSPS) is 46.6. The highest BCUT2D eigenvalue weighted by atomic mass is 28.4. The summed E-state index contributed by atoms with van der Waals surface area (Å²) in [7, 11) is -2.06. The number of rotatable bonds is 6. The van der Waals surface area contributed by atoms with E-state index in [1.165, 1.54) is 0 Å². The van der Waals surface area contributed by atoms with Crippen molar-refractivity contribution in [3.63, 3.8) is 0 Å². The van der Waals surface area contributed by atoms with Crippen molar-refractivity contribution in [2.24, 2.45) is 17.8 Å². The van der Waals surface area contributed by atoms with Crippen LogP contribution in [0.2, 0.25) is 18.1 Å². The van der Waals surface area contributed by atoms with Crippen LogP contribution in [0.25, 0.3) is 0 Å². The quantitative estimate of drug-likeness (QED) is 0.383. The standard InChI is InChI=1S/C22H37NO3Si/c1-8-9-11-21-17-10-12-23(21)16-13-18(21)25-22(17,19(16)15(2)14-24)26-27(6,7)20(3,4)5/h9,11,14-19H,8,10,12-13H2,1-7H3/b11-9+/t15-,16+,17-,18+,19-,21+,22-/m1/s1. The molecule has 5 aliphatic rings. The van der Waals surface area contributed by atoms with Crippen molar-refractivity contribution in [3.05, 3.63) is 12.2 Å². The summed E-state index contributed by atoms with van der Waals surface area (Å²) in [5, 5.41) is 0.116. The lowest BCUT2D eigenvalue weighted by Gasteiger charge is -2.56. The molecule has 1 unspecified atom stereocenters. The Labute approximate surface area is 165 Å². The summed E-state index contributed by atoms with van der Waals surface area (Å²) in [6, 6.07) is 0.397. The van der Waals surface area contributed by atoms with Crippen molar-refractivity contribution in [2.45, 2.75) is 95.5 Å². The number of aldehydes is 1. The van der Waals surface area contributed by atoms with Gasteiger partial charge in [0.15, 0.2) is 14.1 Å². The Balaban J connectivity index is 1.83. The lowest BCUT2D eigenvalue weighted by atomic mass is 9.69. The molecule has 5 aliphatic heterocycles. The van der Waals surface area contributed by atoms with Gasteiger partial charge in [-0.05, 0) is 43.9 Å². The second-order valence-corrected chi connectivity index (χ2v) is 15.5. The van der Waals surface area contributed by atoms with Crippen molar-refractivity contribution in [1.82, 2.24) is 4.90 Å². The highest BCUT2D eigenvalue weighted by molar-refractivity contribution is 6.74. The van der Waals surface area contributed by atoms with Crippen molar-refractivity contribution < 1.29 is 14.0 Å². The van der Waals surface area contributed by atoms with Gasteiger partial charge < -0.3 is 14.0 Å². The molecular formula is C22H37NO3Si. The molecule has 0 aliphatic carbocycles. The monoisotopic (exact) mass is 391 g/mol. The van der Waals surface area contributed by atoms with Gasteiger partial charge in [-0.25, -0.2) is 0 Å². The second kappa shape index (κ2) is 6.01. The third-order valence-corrected chi connectivity index (χ3v) is 12.8. The Hall–Kier alpha value is -0.493. The van der Waals surface area contributed by atoms with E-state index in [0.717, 1.165) is 32.1 Å². The Morgan fingerprint density at radius 2 is 2.07 bits per heavy atom. The molecule has 5 rings (SSSR count). The lowest BCUT2D eigenvalue weighted by Crippen LogP contribution is -2.67. The topological polar surface area (TPSA) is 38.8 Å². The minimum atomic E-state index is -2.06. The summed E-state index contributed by atoms with van der Waals surface area (Å²) >= 11 is 0. The van der Waals surface area contributed by atoms with E-state index in [1.807, 2.05) is 0 Å². The summed E-state index contributed by atoms with van der Waals surface area (Å²) in [4.78, 5) is 14.6. The molecular weight excluding hydrogens is 354 g/mol. The van der Waals surface area contributed by atoms with Crippen molar-refractivity contribution in [3.8, 4) is 0 Å². The molecule has 0 N–H and O–H groups in total. The third kappa shape index (κ3) is 2.35. The van der Waals surface area contributed by atoms with Crippen LogP contribution in [-0.2, 0) is 14.0 Å². The zero-order valence-corrected chi connectivity index (χ0v) is 19.1. The molecule has 0 saturated carbocycles. The molecule has 5 heterocycles. The third-order valence-electron chi connectivity index (χ3n) is 8.40. The van der Waals surface area contributed by atoms with Crippen LogP contribution >= 0.6 is 0 Å². The first-order chi connectivity index (χ1) is 12.5. The lowest BCUT2D eigenvalue weighted by molar-refractivity contribution is -0.269. The van der Waals surface area contributed by atoms with Gasteiger partial charge in [-0.2, -0.15) is 0 Å². The Morgan fingerprint density at radius 1 is 1.37 bits per heavy atom. The molecule has 6 bridgehead atoms. The van der Waals surface area contributed by atoms with Crippen LogP contribution in [0.4, 0.5) is 0 Å². The number of piperidine rings is 1. The molecule has 5 heteroatoms. The van der Waals surface area contributed by atoms with E-state index in [1.54, 1.807) is 0 Å². The number of allylic oxidation sites excluding steroid dienone is 1. The van der Waals surface area contributed by atoms with Crippen LogP contribution in [0.1, 0.15) is 53.9 Å². The van der Waals surface area contributed by atoms with E-state index >= 15 is 0 Å². The first-order valence-corrected chi connectivity index (χ1v) is 13.7. The molecule has 5 saturated heterocycles. The number of nitrogens with zero attached hydrogens (tertiary/aromatic N) is 1. The largest absolute Gasteiger partial charge is 0.389 e. The van der Waals surface area contributed by atoms with E-state index in [4.69, 9.17) is 9.16 Å². The fraction of sp³-hybridized carbons (Fsp3) is 0.864. The van der Waals surface area contributed by atoms with Crippen LogP contribution in [0.3, 0.4) is 0 Å². The molecule has 0 aromatic heterocycles. The first kappa shape index (κ1) is 19.8. The Bertz CT molecular complexity index is 656. The van der Waals surface area contributed by atoms with Gasteiger partial charge in [0, 0.05) is 23.8 Å². The maximum Gasteiger partial charge on any atom is 0.195 e. The molecule has 0 aromatic carbocycles. The zero-order chi connectivity index (χ0) is 19.8. The van der Waals surface area contributed by atoms with Gasteiger partial charge in [-0.1, -0.05) is 46.8 Å². The number of hydrogen-bond acceptors (Lipinski definition) is 4. The first-order valence-electron chi connectivity index (χ1n) is 10.8. The molecule has 8 atom stereocenters. The summed E-state index contributed by atoms with van der Waals surface area (Å²) in [5.74, 6) is -0.172. The molecule has 0 aromatic rings. The van der Waals surface area contributed by atoms with Gasteiger partial charge in [-0.15, -0.1) is 0 Å².